The molecule has 0 aromatic rings. The zero-order chi connectivity index (χ0) is 59.3. The molecule has 0 spiro atoms. The van der Waals surface area contributed by atoms with Crippen LogP contribution in [0, 0.1) is 0 Å². The van der Waals surface area contributed by atoms with Crippen molar-refractivity contribution >= 4 is 5.91 Å². The van der Waals surface area contributed by atoms with Gasteiger partial charge in [-0.05, 0) is 83.5 Å². The number of unbranched alkanes of at least 4 members (excludes halogenated alkanes) is 32. The van der Waals surface area contributed by atoms with Gasteiger partial charge in [0.25, 0.3) is 0 Å². The number of aliphatic hydroxyl groups is 5. The molecular formula is C73H127NO8. The highest BCUT2D eigenvalue weighted by Crippen LogP contribution is 2.23. The van der Waals surface area contributed by atoms with E-state index < -0.39 is 49.5 Å². The molecule has 1 fully saturated rings. The maximum absolute atomic E-state index is 13.1. The van der Waals surface area contributed by atoms with Gasteiger partial charge in [-0.1, -0.05) is 309 Å². The topological polar surface area (TPSA) is 149 Å². The van der Waals surface area contributed by atoms with Crippen molar-refractivity contribution in [3.8, 4) is 0 Å². The van der Waals surface area contributed by atoms with Crippen molar-refractivity contribution < 1.29 is 39.8 Å². The Kier molecular flexibility index (Phi) is 57.1. The van der Waals surface area contributed by atoms with Crippen LogP contribution in [0.3, 0.4) is 0 Å². The average Bonchev–Trinajstić information content (AvgIpc) is 3.59. The van der Waals surface area contributed by atoms with E-state index in [0.717, 1.165) is 89.9 Å². The molecule has 6 N–H and O–H groups in total. The van der Waals surface area contributed by atoms with Gasteiger partial charge in [-0.15, -0.1) is 0 Å². The van der Waals surface area contributed by atoms with Gasteiger partial charge in [-0.3, -0.25) is 4.79 Å². The third-order valence-electron chi connectivity index (χ3n) is 15.6. The first-order valence-corrected chi connectivity index (χ1v) is 34.1. The fourth-order valence-corrected chi connectivity index (χ4v) is 10.3. The molecule has 1 heterocycles. The minimum absolute atomic E-state index is 0.180. The van der Waals surface area contributed by atoms with Crippen LogP contribution in [0.2, 0.25) is 0 Å². The van der Waals surface area contributed by atoms with Crippen molar-refractivity contribution in [3.63, 3.8) is 0 Å². The predicted molar refractivity (Wildman–Crippen MR) is 350 cm³/mol. The second-order valence-electron chi connectivity index (χ2n) is 23.2. The van der Waals surface area contributed by atoms with Crippen LogP contribution in [0.5, 0.6) is 0 Å². The Morgan fingerprint density at radius 2 is 0.756 bits per heavy atom. The van der Waals surface area contributed by atoms with Crippen LogP contribution in [0.15, 0.2) is 109 Å². The lowest BCUT2D eigenvalue weighted by Gasteiger charge is -2.40. The molecule has 1 saturated heterocycles. The van der Waals surface area contributed by atoms with Gasteiger partial charge in [0.05, 0.1) is 25.4 Å². The summed E-state index contributed by atoms with van der Waals surface area (Å²) in [5, 5.41) is 54.7. The molecule has 1 aliphatic heterocycles. The molecule has 9 heteroatoms. The summed E-state index contributed by atoms with van der Waals surface area (Å²) >= 11 is 0. The zero-order valence-corrected chi connectivity index (χ0v) is 52.7. The van der Waals surface area contributed by atoms with E-state index in [-0.39, 0.29) is 12.5 Å². The Labute approximate surface area is 504 Å². The summed E-state index contributed by atoms with van der Waals surface area (Å²) < 4.78 is 11.3. The molecule has 1 aliphatic rings. The second kappa shape index (κ2) is 61.0. The normalized spacial score (nSPS) is 19.0. The number of hydrogen-bond acceptors (Lipinski definition) is 8. The summed E-state index contributed by atoms with van der Waals surface area (Å²) in [7, 11) is 0. The minimum atomic E-state index is -1.57. The van der Waals surface area contributed by atoms with E-state index in [2.05, 4.69) is 116 Å². The van der Waals surface area contributed by atoms with E-state index >= 15 is 0 Å². The Balaban J connectivity index is 2.15. The van der Waals surface area contributed by atoms with Gasteiger partial charge >= 0.3 is 0 Å². The van der Waals surface area contributed by atoms with E-state index in [1.807, 2.05) is 6.08 Å². The van der Waals surface area contributed by atoms with Crippen molar-refractivity contribution in [1.82, 2.24) is 5.32 Å². The fraction of sp³-hybridized carbons (Fsp3) is 0.740. The smallest absolute Gasteiger partial charge is 0.220 e. The number of nitrogens with one attached hydrogen (secondary N) is 1. The molecule has 472 valence electrons. The first kappa shape index (κ1) is 76.9. The summed E-state index contributed by atoms with van der Waals surface area (Å²) in [5.41, 5.74) is 0. The summed E-state index contributed by atoms with van der Waals surface area (Å²) in [6.45, 7) is 3.69. The Hall–Kier alpha value is -3.15. The molecule has 7 atom stereocenters. The van der Waals surface area contributed by atoms with Gasteiger partial charge < -0.3 is 40.3 Å². The van der Waals surface area contributed by atoms with Gasteiger partial charge in [0.2, 0.25) is 5.91 Å². The number of hydrogen-bond donors (Lipinski definition) is 6. The summed E-state index contributed by atoms with van der Waals surface area (Å²) in [6, 6.07) is -0.813. The number of ether oxygens (including phenoxy) is 2. The van der Waals surface area contributed by atoms with Crippen LogP contribution in [-0.2, 0) is 14.3 Å². The Bertz CT molecular complexity index is 1660. The standard InChI is InChI=1S/C73H127NO8/c1-3-5-7-9-11-13-15-17-19-21-23-25-27-28-29-30-31-32-33-34-35-36-37-38-39-40-41-43-45-47-49-51-53-55-57-59-61-63-69(77)74-66(65-81-73-72(80)71(79)70(78)68(64-75)82-73)67(76)62-60-58-56-54-52-50-48-46-44-42-26-24-22-20-18-16-14-12-10-8-6-4-2/h5,7,11,13,17,19,23,25,28-29,31-32,34-35,37-38,60,62,66-68,70-73,75-76,78-80H,3-4,6,8-10,12,14-16,18,20-22,24,26-27,30,33,36,39-59,61,63-65H2,1-2H3,(H,74,77)/b7-5-,13-11-,19-17-,25-23-,29-28-,32-31-,35-34-,38-37-,62-60+. The molecule has 0 bridgehead atoms. The van der Waals surface area contributed by atoms with Crippen LogP contribution in [-0.4, -0.2) is 87.5 Å². The lowest BCUT2D eigenvalue weighted by Crippen LogP contribution is -2.60. The van der Waals surface area contributed by atoms with Gasteiger partial charge in [0, 0.05) is 6.42 Å². The molecule has 7 unspecified atom stereocenters. The van der Waals surface area contributed by atoms with Crippen LogP contribution in [0.1, 0.15) is 290 Å². The van der Waals surface area contributed by atoms with Crippen LogP contribution in [0.25, 0.3) is 0 Å². The minimum Gasteiger partial charge on any atom is -0.394 e. The number of carbonyl (C=O) groups is 1. The van der Waals surface area contributed by atoms with Crippen LogP contribution >= 0.6 is 0 Å². The Morgan fingerprint density at radius 1 is 0.427 bits per heavy atom. The van der Waals surface area contributed by atoms with E-state index in [1.54, 1.807) is 6.08 Å². The number of carbonyl (C=O) groups excluding carboxylic acids is 1. The van der Waals surface area contributed by atoms with Gasteiger partial charge in [0.15, 0.2) is 6.29 Å². The van der Waals surface area contributed by atoms with Crippen LogP contribution < -0.4 is 5.32 Å². The quantitative estimate of drug-likeness (QED) is 0.0261. The average molecular weight is 1150 g/mol. The number of rotatable bonds is 58. The van der Waals surface area contributed by atoms with Crippen molar-refractivity contribution in [2.75, 3.05) is 13.2 Å². The number of aliphatic hydroxyl groups excluding tert-OH is 5. The fourth-order valence-electron chi connectivity index (χ4n) is 10.3. The van der Waals surface area contributed by atoms with Crippen molar-refractivity contribution in [1.29, 1.82) is 0 Å². The first-order valence-electron chi connectivity index (χ1n) is 34.1. The monoisotopic (exact) mass is 1150 g/mol. The molecule has 0 saturated carbocycles. The van der Waals surface area contributed by atoms with Gasteiger partial charge in [0.1, 0.15) is 24.4 Å². The van der Waals surface area contributed by atoms with E-state index in [9.17, 15) is 30.3 Å². The molecular weight excluding hydrogens is 1020 g/mol. The maximum atomic E-state index is 13.1. The Morgan fingerprint density at radius 3 is 1.12 bits per heavy atom. The molecule has 0 radical (unpaired) electrons. The SMILES string of the molecule is CC/C=C\C/C=C\C/C=C\C/C=C\C/C=C\C/C=C\C/C=C\C/C=C\CCCCCCCCCCCCCCC(=O)NC(COC1OC(CO)C(O)C(O)C1O)C(O)/C=C/CCCCCCCCCCCCCCCCCCCCCC. The maximum Gasteiger partial charge on any atom is 0.220 e. The lowest BCUT2D eigenvalue weighted by molar-refractivity contribution is -0.302. The number of amides is 1. The van der Waals surface area contributed by atoms with Crippen molar-refractivity contribution in [2.24, 2.45) is 0 Å². The van der Waals surface area contributed by atoms with E-state index in [4.69, 9.17) is 9.47 Å². The van der Waals surface area contributed by atoms with Crippen LogP contribution in [0.4, 0.5) is 0 Å². The highest BCUT2D eigenvalue weighted by atomic mass is 16.7. The summed E-state index contributed by atoms with van der Waals surface area (Å²) in [5.74, 6) is -0.180. The van der Waals surface area contributed by atoms with E-state index in [1.165, 1.54) is 180 Å². The van der Waals surface area contributed by atoms with Gasteiger partial charge in [-0.25, -0.2) is 0 Å². The highest BCUT2D eigenvalue weighted by Gasteiger charge is 2.44. The molecule has 1 rings (SSSR count). The largest absolute Gasteiger partial charge is 0.394 e. The lowest BCUT2D eigenvalue weighted by atomic mass is 9.99. The summed E-state index contributed by atoms with van der Waals surface area (Å²) in [4.78, 5) is 13.1. The zero-order valence-electron chi connectivity index (χ0n) is 52.7. The van der Waals surface area contributed by atoms with Crippen molar-refractivity contribution in [2.45, 2.75) is 333 Å². The molecule has 9 nitrogen and oxygen atoms in total. The van der Waals surface area contributed by atoms with Gasteiger partial charge in [-0.2, -0.15) is 0 Å². The second-order valence-corrected chi connectivity index (χ2v) is 23.2. The van der Waals surface area contributed by atoms with Crippen molar-refractivity contribution in [3.05, 3.63) is 109 Å². The molecule has 1 amide bonds. The van der Waals surface area contributed by atoms with E-state index in [0.29, 0.717) is 6.42 Å². The predicted octanol–water partition coefficient (Wildman–Crippen LogP) is 18.5. The number of allylic oxidation sites excluding steroid dienone is 17. The third kappa shape index (κ3) is 49.1. The summed E-state index contributed by atoms with van der Waals surface area (Å²) in [6.07, 6.45) is 83.2. The molecule has 0 aliphatic carbocycles. The first-order chi connectivity index (χ1) is 40.3. The molecule has 82 heavy (non-hydrogen) atoms. The third-order valence-corrected chi connectivity index (χ3v) is 15.6. The molecule has 0 aromatic carbocycles. The highest BCUT2D eigenvalue weighted by molar-refractivity contribution is 5.76. The molecule has 0 aromatic heterocycles.